The zero-order valence-electron chi connectivity index (χ0n) is 10.6. The number of aliphatic carboxylic acids is 1. The smallest absolute Gasteiger partial charge is 0.309 e. The van der Waals surface area contributed by atoms with E-state index in [-0.39, 0.29) is 11.4 Å². The van der Waals surface area contributed by atoms with Crippen molar-refractivity contribution in [3.63, 3.8) is 0 Å². The lowest BCUT2D eigenvalue weighted by molar-refractivity contribution is -0.146. The Kier molecular flexibility index (Phi) is 4.71. The number of methoxy groups -OCH3 is 1. The molecule has 0 saturated carbocycles. The minimum absolute atomic E-state index is 0.0132. The molecule has 0 saturated heterocycles. The average Bonchev–Trinajstić information content (AvgIpc) is 2.25. The van der Waals surface area contributed by atoms with Crippen LogP contribution in [0.25, 0.3) is 0 Å². The summed E-state index contributed by atoms with van der Waals surface area (Å²) in [6.07, 6.45) is 0.0748. The Balaban J connectivity index is 3.11. The van der Waals surface area contributed by atoms with Gasteiger partial charge in [-0.1, -0.05) is 17.7 Å². The highest BCUT2D eigenvalue weighted by Crippen LogP contribution is 2.28. The fourth-order valence-electron chi connectivity index (χ4n) is 1.64. The van der Waals surface area contributed by atoms with Gasteiger partial charge in [-0.2, -0.15) is 0 Å². The monoisotopic (exact) mass is 274 g/mol. The van der Waals surface area contributed by atoms with Crippen LogP contribution in [-0.4, -0.2) is 18.2 Å². The second-order valence-electron chi connectivity index (χ2n) is 4.85. The highest BCUT2D eigenvalue weighted by atomic mass is 35.5. The Labute approximate surface area is 111 Å². The van der Waals surface area contributed by atoms with Crippen molar-refractivity contribution in [3.8, 4) is 0 Å². The van der Waals surface area contributed by atoms with E-state index in [1.54, 1.807) is 19.9 Å². The molecule has 18 heavy (non-hydrogen) atoms. The van der Waals surface area contributed by atoms with Gasteiger partial charge in [0.05, 0.1) is 17.0 Å². The van der Waals surface area contributed by atoms with Crippen LogP contribution >= 0.6 is 11.6 Å². The molecule has 0 aromatic heterocycles. The van der Waals surface area contributed by atoms with E-state index in [0.29, 0.717) is 12.2 Å². The maximum absolute atomic E-state index is 13.9. The van der Waals surface area contributed by atoms with Gasteiger partial charge in [-0.3, -0.25) is 4.79 Å². The quantitative estimate of drug-likeness (QED) is 0.896. The van der Waals surface area contributed by atoms with E-state index in [1.807, 2.05) is 0 Å². The standard InChI is InChI=1S/C13H16ClFO3/c1-13(2,12(16)17)6-9-4-8(7-18-3)5-10(14)11(9)15/h4-5H,6-7H2,1-3H3,(H,16,17). The van der Waals surface area contributed by atoms with Crippen molar-refractivity contribution in [1.29, 1.82) is 0 Å². The second kappa shape index (κ2) is 5.67. The molecule has 0 aliphatic rings. The molecule has 0 aliphatic carbocycles. The molecule has 0 amide bonds. The third-order valence-corrected chi connectivity index (χ3v) is 2.96. The SMILES string of the molecule is COCc1cc(Cl)c(F)c(CC(C)(C)C(=O)O)c1. The van der Waals surface area contributed by atoms with E-state index < -0.39 is 17.2 Å². The first-order chi connectivity index (χ1) is 8.27. The van der Waals surface area contributed by atoms with Crippen LogP contribution in [0.3, 0.4) is 0 Å². The summed E-state index contributed by atoms with van der Waals surface area (Å²) in [5.41, 5.74) is -0.0300. The number of hydrogen-bond acceptors (Lipinski definition) is 2. The van der Waals surface area contributed by atoms with Gasteiger partial charge in [-0.05, 0) is 37.5 Å². The summed E-state index contributed by atoms with van der Waals surface area (Å²) >= 11 is 5.79. The molecule has 0 unspecified atom stereocenters. The Morgan fingerprint density at radius 3 is 2.61 bits per heavy atom. The summed E-state index contributed by atoms with van der Waals surface area (Å²) in [6, 6.07) is 3.08. The van der Waals surface area contributed by atoms with Gasteiger partial charge in [0.25, 0.3) is 0 Å². The molecule has 0 heterocycles. The summed E-state index contributed by atoms with van der Waals surface area (Å²) in [6.45, 7) is 3.40. The molecule has 3 nitrogen and oxygen atoms in total. The van der Waals surface area contributed by atoms with Gasteiger partial charge in [0.2, 0.25) is 0 Å². The molecular formula is C13H16ClFO3. The summed E-state index contributed by atoms with van der Waals surface area (Å²) in [4.78, 5) is 11.1. The molecule has 5 heteroatoms. The average molecular weight is 275 g/mol. The number of hydrogen-bond donors (Lipinski definition) is 1. The molecule has 0 spiro atoms. The number of ether oxygens (including phenoxy) is 1. The van der Waals surface area contributed by atoms with Crippen LogP contribution in [0.2, 0.25) is 5.02 Å². The van der Waals surface area contributed by atoms with Gasteiger partial charge in [0.15, 0.2) is 0 Å². The van der Waals surface area contributed by atoms with Crippen LogP contribution in [-0.2, 0) is 22.6 Å². The van der Waals surface area contributed by atoms with E-state index >= 15 is 0 Å². The summed E-state index contributed by atoms with van der Waals surface area (Å²) < 4.78 is 18.8. The number of carboxylic acids is 1. The maximum Gasteiger partial charge on any atom is 0.309 e. The van der Waals surface area contributed by atoms with Gasteiger partial charge >= 0.3 is 5.97 Å². The van der Waals surface area contributed by atoms with Crippen LogP contribution < -0.4 is 0 Å². The van der Waals surface area contributed by atoms with Crippen molar-refractivity contribution in [2.75, 3.05) is 7.11 Å². The first-order valence-electron chi connectivity index (χ1n) is 5.47. The largest absolute Gasteiger partial charge is 0.481 e. The normalized spacial score (nSPS) is 11.6. The zero-order chi connectivity index (χ0) is 13.9. The van der Waals surface area contributed by atoms with Crippen molar-refractivity contribution in [3.05, 3.63) is 34.1 Å². The third-order valence-electron chi connectivity index (χ3n) is 2.69. The molecule has 1 aromatic rings. The van der Waals surface area contributed by atoms with Gasteiger partial charge in [-0.25, -0.2) is 4.39 Å². The minimum Gasteiger partial charge on any atom is -0.481 e. The predicted octanol–water partition coefficient (Wildman–Crippen LogP) is 3.28. The van der Waals surface area contributed by atoms with E-state index in [1.165, 1.54) is 13.2 Å². The summed E-state index contributed by atoms with van der Waals surface area (Å²) in [5.74, 6) is -1.54. The van der Waals surface area contributed by atoms with Crippen LogP contribution in [0.15, 0.2) is 12.1 Å². The van der Waals surface area contributed by atoms with E-state index in [0.717, 1.165) is 5.56 Å². The third kappa shape index (κ3) is 3.43. The fourth-order valence-corrected chi connectivity index (χ4v) is 1.90. The van der Waals surface area contributed by atoms with Crippen LogP contribution in [0, 0.1) is 11.2 Å². The van der Waals surface area contributed by atoms with Gasteiger partial charge < -0.3 is 9.84 Å². The Morgan fingerprint density at radius 1 is 1.50 bits per heavy atom. The van der Waals surface area contributed by atoms with Crippen LogP contribution in [0.5, 0.6) is 0 Å². The number of halogens is 2. The highest BCUT2D eigenvalue weighted by molar-refractivity contribution is 6.30. The molecule has 1 rings (SSSR count). The molecule has 100 valence electrons. The topological polar surface area (TPSA) is 46.5 Å². The number of benzene rings is 1. The van der Waals surface area contributed by atoms with Gasteiger partial charge in [0, 0.05) is 7.11 Å². The van der Waals surface area contributed by atoms with E-state index in [9.17, 15) is 9.18 Å². The minimum atomic E-state index is -1.05. The molecule has 1 aromatic carbocycles. The summed E-state index contributed by atoms with van der Waals surface area (Å²) in [7, 11) is 1.53. The van der Waals surface area contributed by atoms with Crippen LogP contribution in [0.4, 0.5) is 4.39 Å². The maximum atomic E-state index is 13.9. The molecule has 0 atom stereocenters. The second-order valence-corrected chi connectivity index (χ2v) is 5.26. The lowest BCUT2D eigenvalue weighted by Gasteiger charge is -2.20. The Morgan fingerprint density at radius 2 is 2.11 bits per heavy atom. The van der Waals surface area contributed by atoms with E-state index in [2.05, 4.69) is 0 Å². The predicted molar refractivity (Wildman–Crippen MR) is 67.2 cm³/mol. The van der Waals surface area contributed by atoms with Crippen molar-refractivity contribution < 1.29 is 19.0 Å². The highest BCUT2D eigenvalue weighted by Gasteiger charge is 2.29. The van der Waals surface area contributed by atoms with Crippen molar-refractivity contribution in [2.45, 2.75) is 26.9 Å². The first-order valence-corrected chi connectivity index (χ1v) is 5.85. The molecule has 0 bridgehead atoms. The van der Waals surface area contributed by atoms with Gasteiger partial charge in [0.1, 0.15) is 5.82 Å². The van der Waals surface area contributed by atoms with Crippen molar-refractivity contribution in [1.82, 2.24) is 0 Å². The molecular weight excluding hydrogens is 259 g/mol. The Bertz CT molecular complexity index is 458. The number of rotatable bonds is 5. The molecule has 0 aliphatic heterocycles. The number of carboxylic acid groups (broad SMARTS) is 1. The Hall–Kier alpha value is -1.13. The van der Waals surface area contributed by atoms with Crippen molar-refractivity contribution in [2.24, 2.45) is 5.41 Å². The number of carbonyl (C=O) groups is 1. The van der Waals surface area contributed by atoms with Crippen molar-refractivity contribution >= 4 is 17.6 Å². The fraction of sp³-hybridized carbons (Fsp3) is 0.462. The van der Waals surface area contributed by atoms with Crippen LogP contribution in [0.1, 0.15) is 25.0 Å². The lowest BCUT2D eigenvalue weighted by Crippen LogP contribution is -2.26. The zero-order valence-corrected chi connectivity index (χ0v) is 11.3. The lowest BCUT2D eigenvalue weighted by atomic mass is 9.85. The molecule has 0 radical (unpaired) electrons. The van der Waals surface area contributed by atoms with Gasteiger partial charge in [-0.15, -0.1) is 0 Å². The molecule has 0 fully saturated rings. The molecule has 1 N–H and O–H groups in total. The summed E-state index contributed by atoms with van der Waals surface area (Å²) in [5, 5.41) is 9.04. The first kappa shape index (κ1) is 14.9. The van der Waals surface area contributed by atoms with E-state index in [4.69, 9.17) is 21.4 Å².